The minimum absolute atomic E-state index is 0.149. The normalized spacial score (nSPS) is 17.7. The third-order valence-electron chi connectivity index (χ3n) is 3.22. The van der Waals surface area contributed by atoms with Crippen LogP contribution in [0.5, 0.6) is 0 Å². The molecular formula is C17H27ClN2O. The second-order valence-corrected chi connectivity index (χ2v) is 6.52. The fourth-order valence-electron chi connectivity index (χ4n) is 2.41. The maximum atomic E-state index is 11.3. The molecule has 1 aliphatic heterocycles. The fraction of sp³-hybridized carbons (Fsp3) is 0.588. The number of carbonyl (C=O) groups excluding carboxylic acids is 1. The number of carbonyl (C=O) groups is 1. The average Bonchev–Trinajstić information content (AvgIpc) is 2.77. The smallest absolute Gasteiger partial charge is 0.223 e. The number of nitrogens with one attached hydrogen (secondary N) is 2. The molecule has 1 aromatic carbocycles. The summed E-state index contributed by atoms with van der Waals surface area (Å²) in [5.74, 6) is 0.330. The molecule has 21 heavy (non-hydrogen) atoms. The Morgan fingerprint density at radius 3 is 2.14 bits per heavy atom. The van der Waals surface area contributed by atoms with Gasteiger partial charge in [-0.15, -0.1) is 0 Å². The van der Waals surface area contributed by atoms with Gasteiger partial charge in [-0.2, -0.15) is 0 Å². The Labute approximate surface area is 133 Å². The van der Waals surface area contributed by atoms with Gasteiger partial charge >= 0.3 is 0 Å². The fourth-order valence-corrected chi connectivity index (χ4v) is 2.54. The van der Waals surface area contributed by atoms with Crippen LogP contribution in [-0.4, -0.2) is 24.5 Å². The standard InChI is InChI=1S/C11H12ClNO.C6H15N/c12-10-3-1-8(2-4-10)7-9-5-6-13-11(9)14;1-5(2)7-6(3)4/h1-4,9H,5-7H2,(H,13,14);5-7H,1-4H3. The number of halogens is 1. The Hall–Kier alpha value is -1.06. The van der Waals surface area contributed by atoms with Crippen LogP contribution in [-0.2, 0) is 11.2 Å². The molecule has 1 heterocycles. The summed E-state index contributed by atoms with van der Waals surface area (Å²) >= 11 is 5.78. The second kappa shape index (κ2) is 9.06. The van der Waals surface area contributed by atoms with Crippen LogP contribution < -0.4 is 10.6 Å². The van der Waals surface area contributed by atoms with Crippen molar-refractivity contribution in [2.45, 2.75) is 52.6 Å². The predicted octanol–water partition coefficient (Wildman–Crippen LogP) is 3.41. The van der Waals surface area contributed by atoms with E-state index in [2.05, 4.69) is 38.3 Å². The molecule has 1 aliphatic rings. The minimum atomic E-state index is 0.149. The van der Waals surface area contributed by atoms with E-state index in [4.69, 9.17) is 11.6 Å². The Bertz CT molecular complexity index is 423. The predicted molar refractivity (Wildman–Crippen MR) is 89.7 cm³/mol. The van der Waals surface area contributed by atoms with Gasteiger partial charge < -0.3 is 10.6 Å². The molecule has 1 amide bonds. The van der Waals surface area contributed by atoms with Crippen molar-refractivity contribution in [2.75, 3.05) is 6.54 Å². The molecule has 1 unspecified atom stereocenters. The van der Waals surface area contributed by atoms with Crippen molar-refractivity contribution in [3.63, 3.8) is 0 Å². The van der Waals surface area contributed by atoms with Crippen LogP contribution in [0.1, 0.15) is 39.7 Å². The lowest BCUT2D eigenvalue weighted by molar-refractivity contribution is -0.122. The van der Waals surface area contributed by atoms with Crippen LogP contribution in [0.3, 0.4) is 0 Å². The first-order valence-corrected chi connectivity index (χ1v) is 8.04. The lowest BCUT2D eigenvalue weighted by atomic mass is 9.98. The average molecular weight is 311 g/mol. The van der Waals surface area contributed by atoms with Crippen molar-refractivity contribution in [1.29, 1.82) is 0 Å². The van der Waals surface area contributed by atoms with Crippen LogP contribution in [0.25, 0.3) is 0 Å². The van der Waals surface area contributed by atoms with Gasteiger partial charge in [0.25, 0.3) is 0 Å². The van der Waals surface area contributed by atoms with Crippen LogP contribution in [0, 0.1) is 5.92 Å². The summed E-state index contributed by atoms with van der Waals surface area (Å²) in [6.45, 7) is 9.43. The SMILES string of the molecule is CC(C)NC(C)C.O=C1NCCC1Cc1ccc(Cl)cc1. The molecule has 2 N–H and O–H groups in total. The number of hydrogen-bond donors (Lipinski definition) is 2. The van der Waals surface area contributed by atoms with E-state index in [-0.39, 0.29) is 11.8 Å². The molecule has 1 atom stereocenters. The Morgan fingerprint density at radius 2 is 1.76 bits per heavy atom. The first-order valence-electron chi connectivity index (χ1n) is 7.66. The minimum Gasteiger partial charge on any atom is -0.356 e. The first kappa shape index (κ1) is 18.0. The molecule has 1 aromatic rings. The molecule has 0 saturated carbocycles. The third kappa shape index (κ3) is 7.49. The van der Waals surface area contributed by atoms with Crippen molar-refractivity contribution in [2.24, 2.45) is 5.92 Å². The summed E-state index contributed by atoms with van der Waals surface area (Å²) in [6, 6.07) is 8.94. The molecule has 0 radical (unpaired) electrons. The summed E-state index contributed by atoms with van der Waals surface area (Å²) in [5.41, 5.74) is 1.18. The van der Waals surface area contributed by atoms with Gasteiger partial charge in [0.2, 0.25) is 5.91 Å². The van der Waals surface area contributed by atoms with E-state index < -0.39 is 0 Å². The zero-order valence-electron chi connectivity index (χ0n) is 13.4. The molecule has 4 heteroatoms. The van der Waals surface area contributed by atoms with Gasteiger partial charge in [0.05, 0.1) is 0 Å². The second-order valence-electron chi connectivity index (χ2n) is 6.08. The van der Waals surface area contributed by atoms with Crippen LogP contribution in [0.15, 0.2) is 24.3 Å². The zero-order chi connectivity index (χ0) is 15.8. The Balaban J connectivity index is 0.000000270. The zero-order valence-corrected chi connectivity index (χ0v) is 14.2. The maximum Gasteiger partial charge on any atom is 0.223 e. The van der Waals surface area contributed by atoms with E-state index >= 15 is 0 Å². The highest BCUT2D eigenvalue weighted by Crippen LogP contribution is 2.17. The van der Waals surface area contributed by atoms with Crippen molar-refractivity contribution >= 4 is 17.5 Å². The van der Waals surface area contributed by atoms with Crippen LogP contribution in [0.2, 0.25) is 5.02 Å². The van der Waals surface area contributed by atoms with Gasteiger partial charge in [0.15, 0.2) is 0 Å². The van der Waals surface area contributed by atoms with E-state index in [1.807, 2.05) is 24.3 Å². The van der Waals surface area contributed by atoms with Crippen molar-refractivity contribution in [1.82, 2.24) is 10.6 Å². The van der Waals surface area contributed by atoms with E-state index in [0.29, 0.717) is 12.1 Å². The molecule has 0 spiro atoms. The topological polar surface area (TPSA) is 41.1 Å². The van der Waals surface area contributed by atoms with E-state index in [1.165, 1.54) is 5.56 Å². The van der Waals surface area contributed by atoms with E-state index in [1.54, 1.807) is 0 Å². The van der Waals surface area contributed by atoms with Crippen LogP contribution in [0.4, 0.5) is 0 Å². The Kier molecular flexibility index (Phi) is 7.76. The summed E-state index contributed by atoms with van der Waals surface area (Å²) < 4.78 is 0. The van der Waals surface area contributed by atoms with Gasteiger partial charge in [0.1, 0.15) is 0 Å². The highest BCUT2D eigenvalue weighted by Gasteiger charge is 2.23. The molecule has 0 bridgehead atoms. The largest absolute Gasteiger partial charge is 0.356 e. The van der Waals surface area contributed by atoms with E-state index in [0.717, 1.165) is 24.4 Å². The van der Waals surface area contributed by atoms with Crippen molar-refractivity contribution in [3.8, 4) is 0 Å². The summed E-state index contributed by atoms with van der Waals surface area (Å²) in [5, 5.41) is 6.88. The molecule has 1 fully saturated rings. The molecule has 0 aromatic heterocycles. The van der Waals surface area contributed by atoms with Gasteiger partial charge in [-0.05, 0) is 30.5 Å². The highest BCUT2D eigenvalue weighted by atomic mass is 35.5. The molecule has 0 aliphatic carbocycles. The lowest BCUT2D eigenvalue weighted by Gasteiger charge is -2.10. The lowest BCUT2D eigenvalue weighted by Crippen LogP contribution is -2.29. The third-order valence-corrected chi connectivity index (χ3v) is 3.48. The summed E-state index contributed by atoms with van der Waals surface area (Å²) in [7, 11) is 0. The number of rotatable bonds is 4. The van der Waals surface area contributed by atoms with Crippen molar-refractivity contribution < 1.29 is 4.79 Å². The van der Waals surface area contributed by atoms with Gasteiger partial charge in [-0.1, -0.05) is 51.4 Å². The molecule has 118 valence electrons. The van der Waals surface area contributed by atoms with Gasteiger partial charge in [0, 0.05) is 29.6 Å². The Morgan fingerprint density at radius 1 is 1.19 bits per heavy atom. The monoisotopic (exact) mass is 310 g/mol. The number of amides is 1. The maximum absolute atomic E-state index is 11.3. The molecule has 1 saturated heterocycles. The van der Waals surface area contributed by atoms with Crippen LogP contribution >= 0.6 is 11.6 Å². The number of benzene rings is 1. The summed E-state index contributed by atoms with van der Waals surface area (Å²) in [4.78, 5) is 11.3. The van der Waals surface area contributed by atoms with Gasteiger partial charge in [-0.25, -0.2) is 0 Å². The number of hydrogen-bond acceptors (Lipinski definition) is 2. The highest BCUT2D eigenvalue weighted by molar-refractivity contribution is 6.30. The van der Waals surface area contributed by atoms with E-state index in [9.17, 15) is 4.79 Å². The molecule has 3 nitrogen and oxygen atoms in total. The molecule has 2 rings (SSSR count). The summed E-state index contributed by atoms with van der Waals surface area (Å²) in [6.07, 6.45) is 1.77. The first-order chi connectivity index (χ1) is 9.88. The van der Waals surface area contributed by atoms with Gasteiger partial charge in [-0.3, -0.25) is 4.79 Å². The quantitative estimate of drug-likeness (QED) is 0.895. The van der Waals surface area contributed by atoms with Crippen molar-refractivity contribution in [3.05, 3.63) is 34.9 Å². The molecular weight excluding hydrogens is 284 g/mol.